The molecule has 2 nitrogen and oxygen atoms in total. The summed E-state index contributed by atoms with van der Waals surface area (Å²) in [6, 6.07) is 2.88. The molecule has 0 spiro atoms. The summed E-state index contributed by atoms with van der Waals surface area (Å²) in [6.45, 7) is 0. The summed E-state index contributed by atoms with van der Waals surface area (Å²) in [5.74, 6) is 0. The highest BCUT2D eigenvalue weighted by Crippen LogP contribution is 2.18. The van der Waals surface area contributed by atoms with Crippen molar-refractivity contribution in [2.24, 2.45) is 0 Å². The van der Waals surface area contributed by atoms with Crippen molar-refractivity contribution in [3.05, 3.63) is 35.0 Å². The van der Waals surface area contributed by atoms with Crippen molar-refractivity contribution in [3.8, 4) is 0 Å². The summed E-state index contributed by atoms with van der Waals surface area (Å²) in [5, 5.41) is 4.43. The molecule has 5 heteroatoms. The smallest absolute Gasteiger partial charge is 0.280 e. The van der Waals surface area contributed by atoms with Crippen molar-refractivity contribution >= 4 is 18.3 Å². The predicted octanol–water partition coefficient (Wildman–Crippen LogP) is 2.47. The summed E-state index contributed by atoms with van der Waals surface area (Å²) in [5.41, 5.74) is 1.25. The molecule has 0 atom stereocenters. The Morgan fingerprint density at radius 3 is 2.64 bits per heavy atom. The first-order chi connectivity index (χ1) is 6.69. The minimum atomic E-state index is -2.53. The summed E-state index contributed by atoms with van der Waals surface area (Å²) < 4.78 is 24.3. The highest BCUT2D eigenvalue weighted by atomic mass is 32.1. The molecule has 1 heterocycles. The number of nitrogens with zero attached hydrogens (tertiary/aromatic N) is 1. The normalized spacial score (nSPS) is 11.9. The van der Waals surface area contributed by atoms with Gasteiger partial charge in [0, 0.05) is 24.5 Å². The molecule has 0 aromatic carbocycles. The first-order valence-corrected chi connectivity index (χ1v) is 4.47. The molecule has 0 bridgehead atoms. The van der Waals surface area contributed by atoms with Gasteiger partial charge in [0.2, 0.25) is 0 Å². The number of thiol groups is 1. The number of hydrogen-bond acceptors (Lipinski definition) is 3. The van der Waals surface area contributed by atoms with Crippen LogP contribution < -0.4 is 5.32 Å². The van der Waals surface area contributed by atoms with Gasteiger partial charge in [0.05, 0.1) is 0 Å². The quantitative estimate of drug-likeness (QED) is 0.759. The monoisotopic (exact) mass is 216 g/mol. The molecule has 1 rings (SSSR count). The summed E-state index contributed by atoms with van der Waals surface area (Å²) in [6.07, 6.45) is -1.14. The van der Waals surface area contributed by atoms with Crippen LogP contribution in [0.15, 0.2) is 23.7 Å². The lowest BCUT2D eigenvalue weighted by molar-refractivity contribution is 0.146. The average Bonchev–Trinajstić information content (AvgIpc) is 2.20. The molecule has 0 aliphatic carbocycles. The van der Waals surface area contributed by atoms with Gasteiger partial charge in [-0.2, -0.15) is 0 Å². The van der Waals surface area contributed by atoms with Crippen molar-refractivity contribution in [1.29, 1.82) is 0 Å². The van der Waals surface area contributed by atoms with Crippen LogP contribution in [0.4, 0.5) is 8.78 Å². The van der Waals surface area contributed by atoms with Crippen molar-refractivity contribution < 1.29 is 8.78 Å². The maximum absolute atomic E-state index is 12.2. The lowest BCUT2D eigenvalue weighted by Crippen LogP contribution is -2.04. The van der Waals surface area contributed by atoms with Gasteiger partial charge in [-0.05, 0) is 17.5 Å². The van der Waals surface area contributed by atoms with Gasteiger partial charge in [-0.1, -0.05) is 0 Å². The van der Waals surface area contributed by atoms with E-state index in [1.807, 2.05) is 0 Å². The molecule has 0 aliphatic heterocycles. The van der Waals surface area contributed by atoms with Gasteiger partial charge in [-0.15, -0.1) is 12.6 Å². The topological polar surface area (TPSA) is 24.9 Å². The summed E-state index contributed by atoms with van der Waals surface area (Å²) in [4.78, 5) is 3.63. The number of nitrogens with one attached hydrogen (secondary N) is 1. The third kappa shape index (κ3) is 2.45. The Labute approximate surface area is 86.5 Å². The third-order valence-corrected chi connectivity index (χ3v) is 1.98. The molecule has 1 aromatic rings. The second-order valence-electron chi connectivity index (χ2n) is 2.57. The van der Waals surface area contributed by atoms with E-state index >= 15 is 0 Å². The van der Waals surface area contributed by atoms with E-state index in [4.69, 9.17) is 0 Å². The molecule has 0 saturated heterocycles. The molecule has 1 N–H and O–H groups in total. The fourth-order valence-electron chi connectivity index (χ4n) is 0.977. The van der Waals surface area contributed by atoms with E-state index in [1.54, 1.807) is 18.5 Å². The van der Waals surface area contributed by atoms with Crippen LogP contribution in [-0.4, -0.2) is 12.0 Å². The van der Waals surface area contributed by atoms with Crippen LogP contribution in [0.3, 0.4) is 0 Å². The van der Waals surface area contributed by atoms with Crippen LogP contribution in [-0.2, 0) is 0 Å². The number of aromatic nitrogens is 1. The maximum atomic E-state index is 12.2. The van der Waals surface area contributed by atoms with Gasteiger partial charge in [0.15, 0.2) is 0 Å². The molecule has 0 fully saturated rings. The molecule has 0 unspecified atom stereocenters. The summed E-state index contributed by atoms with van der Waals surface area (Å²) in [7, 11) is 1.73. The van der Waals surface area contributed by atoms with Crippen LogP contribution in [0, 0.1) is 0 Å². The number of alkyl halides is 2. The minimum absolute atomic E-state index is 0.219. The Morgan fingerprint density at radius 2 is 2.29 bits per heavy atom. The molecule has 76 valence electrons. The second-order valence-corrected chi connectivity index (χ2v) is 2.82. The van der Waals surface area contributed by atoms with Crippen molar-refractivity contribution in [2.45, 2.75) is 6.43 Å². The lowest BCUT2D eigenvalue weighted by atomic mass is 10.2. The maximum Gasteiger partial charge on any atom is 0.280 e. The minimum Gasteiger partial charge on any atom is -0.387 e. The number of hydrogen-bond donors (Lipinski definition) is 2. The van der Waals surface area contributed by atoms with E-state index in [1.165, 1.54) is 12.3 Å². The Kier molecular flexibility index (Phi) is 3.88. The van der Waals surface area contributed by atoms with Crippen molar-refractivity contribution in [2.75, 3.05) is 7.05 Å². The Hall–Kier alpha value is -1.10. The first kappa shape index (κ1) is 11.0. The summed E-state index contributed by atoms with van der Waals surface area (Å²) >= 11 is 3.97. The zero-order valence-electron chi connectivity index (χ0n) is 7.54. The Bertz CT molecular complexity index is 322. The second kappa shape index (κ2) is 4.95. The van der Waals surface area contributed by atoms with Gasteiger partial charge in [-0.25, -0.2) is 8.78 Å². The fraction of sp³-hybridized carbons (Fsp3) is 0.222. The molecule has 0 radical (unpaired) electrons. The largest absolute Gasteiger partial charge is 0.387 e. The highest BCUT2D eigenvalue weighted by Gasteiger charge is 2.08. The molecular formula is C9H10F2N2S. The Balaban J connectivity index is 2.93. The third-order valence-electron chi connectivity index (χ3n) is 1.72. The van der Waals surface area contributed by atoms with E-state index in [9.17, 15) is 8.78 Å². The predicted molar refractivity (Wildman–Crippen MR) is 55.2 cm³/mol. The van der Waals surface area contributed by atoms with Gasteiger partial charge in [0.25, 0.3) is 6.43 Å². The van der Waals surface area contributed by atoms with E-state index in [-0.39, 0.29) is 5.69 Å². The SMILES string of the molecule is CN/C(=C\S)c1ccc(C(F)F)nc1. The van der Waals surface area contributed by atoms with Crippen LogP contribution >= 0.6 is 12.6 Å². The zero-order chi connectivity index (χ0) is 10.6. The molecule has 0 aliphatic rings. The standard InChI is InChI=1S/C9H10F2N2S/c1-12-8(5-14)6-2-3-7(9(10)11)13-4-6/h2-5,9,12,14H,1H3/b8-5-. The Morgan fingerprint density at radius 1 is 1.57 bits per heavy atom. The van der Waals surface area contributed by atoms with Crippen molar-refractivity contribution in [3.63, 3.8) is 0 Å². The molecule has 0 saturated carbocycles. The van der Waals surface area contributed by atoms with Crippen LogP contribution in [0.1, 0.15) is 17.7 Å². The molecule has 0 amide bonds. The number of halogens is 2. The van der Waals surface area contributed by atoms with Crippen LogP contribution in [0.2, 0.25) is 0 Å². The van der Waals surface area contributed by atoms with Crippen LogP contribution in [0.25, 0.3) is 5.70 Å². The van der Waals surface area contributed by atoms with E-state index in [0.717, 1.165) is 11.3 Å². The molecular weight excluding hydrogens is 206 g/mol. The van der Waals surface area contributed by atoms with E-state index < -0.39 is 6.43 Å². The number of pyridine rings is 1. The average molecular weight is 216 g/mol. The zero-order valence-corrected chi connectivity index (χ0v) is 8.43. The van der Waals surface area contributed by atoms with Crippen LogP contribution in [0.5, 0.6) is 0 Å². The van der Waals surface area contributed by atoms with Gasteiger partial charge >= 0.3 is 0 Å². The first-order valence-electron chi connectivity index (χ1n) is 3.95. The van der Waals surface area contributed by atoms with E-state index in [2.05, 4.69) is 22.9 Å². The fourth-order valence-corrected chi connectivity index (χ4v) is 1.26. The van der Waals surface area contributed by atoms with Gasteiger partial charge in [-0.3, -0.25) is 4.98 Å². The van der Waals surface area contributed by atoms with E-state index in [0.29, 0.717) is 0 Å². The lowest BCUT2D eigenvalue weighted by Gasteiger charge is -2.06. The van der Waals surface area contributed by atoms with Gasteiger partial charge in [0.1, 0.15) is 5.69 Å². The highest BCUT2D eigenvalue weighted by molar-refractivity contribution is 7.83. The molecule has 1 aromatic heterocycles. The number of rotatable bonds is 3. The molecule has 14 heavy (non-hydrogen) atoms. The van der Waals surface area contributed by atoms with Gasteiger partial charge < -0.3 is 5.32 Å². The van der Waals surface area contributed by atoms with Crippen molar-refractivity contribution in [1.82, 2.24) is 10.3 Å².